The second-order valence-electron chi connectivity index (χ2n) is 16.6. The fourth-order valence-corrected chi connectivity index (χ4v) is 7.56. The van der Waals surface area contributed by atoms with E-state index in [4.69, 9.17) is 23.5 Å². The summed E-state index contributed by atoms with van der Waals surface area (Å²) in [6.07, 6.45) is 4.53. The molecule has 0 aliphatic rings. The highest BCUT2D eigenvalue weighted by Crippen LogP contribution is 2.30. The number of benzene rings is 3. The maximum absolute atomic E-state index is 13.8. The number of hydrogen-bond acceptors (Lipinski definition) is 14. The molecule has 0 radical (unpaired) electrons. The van der Waals surface area contributed by atoms with Gasteiger partial charge in [0.2, 0.25) is 12.3 Å². The zero-order valence-electron chi connectivity index (χ0n) is 40.4. The molecule has 0 saturated heterocycles. The van der Waals surface area contributed by atoms with E-state index >= 15 is 0 Å². The first kappa shape index (κ1) is 53.8. The van der Waals surface area contributed by atoms with Crippen molar-refractivity contribution in [3.05, 3.63) is 143 Å². The Bertz CT molecular complexity index is 2620. The van der Waals surface area contributed by atoms with E-state index in [1.54, 1.807) is 87.6 Å². The highest BCUT2D eigenvalue weighted by molar-refractivity contribution is 6.01. The molecular formula is C53H59N5O13. The lowest BCUT2D eigenvalue weighted by Crippen LogP contribution is -2.49. The smallest absolute Gasteiger partial charge is 0.365 e. The van der Waals surface area contributed by atoms with E-state index < -0.39 is 60.2 Å². The average molecular weight is 974 g/mol. The van der Waals surface area contributed by atoms with Gasteiger partial charge in [0, 0.05) is 18.2 Å². The van der Waals surface area contributed by atoms with Gasteiger partial charge in [0.1, 0.15) is 36.5 Å². The second kappa shape index (κ2) is 27.1. The number of ketones is 1. The van der Waals surface area contributed by atoms with Crippen LogP contribution in [-0.2, 0) is 51.5 Å². The van der Waals surface area contributed by atoms with Gasteiger partial charge in [-0.15, -0.1) is 0 Å². The fraction of sp³-hybridized carbons (Fsp3) is 0.340. The van der Waals surface area contributed by atoms with Gasteiger partial charge in [-0.3, -0.25) is 29.0 Å². The Kier molecular flexibility index (Phi) is 20.6. The summed E-state index contributed by atoms with van der Waals surface area (Å²) in [7, 11) is 0. The molecule has 18 nitrogen and oxygen atoms in total. The number of aromatic nitrogens is 1. The third-order valence-corrected chi connectivity index (χ3v) is 11.3. The second-order valence-corrected chi connectivity index (χ2v) is 16.6. The third-order valence-electron chi connectivity index (χ3n) is 11.3. The molecule has 18 heteroatoms. The lowest BCUT2D eigenvalue weighted by Gasteiger charge is -2.32. The van der Waals surface area contributed by atoms with Gasteiger partial charge < -0.3 is 39.4 Å². The number of hydrogen-bond donors (Lipinski definition) is 3. The summed E-state index contributed by atoms with van der Waals surface area (Å²) in [6.45, 7) is 7.36. The highest BCUT2D eigenvalue weighted by atomic mass is 16.7. The lowest BCUT2D eigenvalue weighted by molar-refractivity contribution is -0.171. The van der Waals surface area contributed by atoms with Crippen LogP contribution in [0.1, 0.15) is 113 Å². The molecule has 2 heterocycles. The van der Waals surface area contributed by atoms with Crippen molar-refractivity contribution in [3.8, 4) is 17.1 Å². The van der Waals surface area contributed by atoms with Crippen LogP contribution in [0.4, 0.5) is 0 Å². The minimum atomic E-state index is -1.36. The number of ether oxygens (including phenoxy) is 3. The number of nitrogens with zero attached hydrogens (tertiary/aromatic N) is 2. The molecule has 3 aromatic carbocycles. The number of rotatable bonds is 27. The van der Waals surface area contributed by atoms with E-state index in [0.717, 1.165) is 23.5 Å². The molecule has 3 atom stereocenters. The van der Waals surface area contributed by atoms with Crippen molar-refractivity contribution >= 4 is 47.8 Å². The lowest BCUT2D eigenvalue weighted by atomic mass is 9.90. The number of furan rings is 1. The minimum Gasteiger partial charge on any atom is -0.481 e. The topological polar surface area (TPSA) is 239 Å². The van der Waals surface area contributed by atoms with Crippen molar-refractivity contribution in [2.24, 2.45) is 5.92 Å². The molecule has 0 fully saturated rings. The number of hydroxylamine groups is 2. The van der Waals surface area contributed by atoms with Crippen molar-refractivity contribution in [1.29, 1.82) is 0 Å². The maximum Gasteiger partial charge on any atom is 0.365 e. The van der Waals surface area contributed by atoms with Crippen molar-refractivity contribution < 1.29 is 61.8 Å². The Morgan fingerprint density at radius 1 is 0.803 bits per heavy atom. The predicted molar refractivity (Wildman–Crippen MR) is 258 cm³/mol. The van der Waals surface area contributed by atoms with E-state index in [-0.39, 0.29) is 66.9 Å². The molecule has 0 bridgehead atoms. The van der Waals surface area contributed by atoms with Crippen LogP contribution in [0, 0.1) is 19.8 Å². The number of unbranched alkanes of at least 4 members (excludes halogenated alkanes) is 2. The summed E-state index contributed by atoms with van der Waals surface area (Å²) in [5.41, 5.74) is 2.90. The van der Waals surface area contributed by atoms with Crippen molar-refractivity contribution in [1.82, 2.24) is 26.0 Å². The summed E-state index contributed by atoms with van der Waals surface area (Å²) >= 11 is 0. The summed E-state index contributed by atoms with van der Waals surface area (Å²) in [4.78, 5) is 114. The number of esters is 2. The molecule has 0 aliphatic carbocycles. The van der Waals surface area contributed by atoms with E-state index in [2.05, 4.69) is 20.9 Å². The van der Waals surface area contributed by atoms with Crippen LogP contribution in [0.3, 0.4) is 0 Å². The molecule has 0 unspecified atom stereocenters. The molecule has 3 N–H and O–H groups in total. The Morgan fingerprint density at radius 3 is 2.13 bits per heavy atom. The van der Waals surface area contributed by atoms with E-state index in [0.29, 0.717) is 41.6 Å². The van der Waals surface area contributed by atoms with Gasteiger partial charge in [-0.25, -0.2) is 14.4 Å². The van der Waals surface area contributed by atoms with E-state index in [1.165, 1.54) is 37.3 Å². The Balaban J connectivity index is 1.29. The summed E-state index contributed by atoms with van der Waals surface area (Å²) < 4.78 is 22.5. The van der Waals surface area contributed by atoms with Crippen molar-refractivity contribution in [3.63, 3.8) is 0 Å². The Hall–Kier alpha value is -8.15. The standard InChI is InChI=1S/C53H59N5O13/c1-6-8-11-20-40(43(7-2)58(33-59)71-53(66)48-34(3)25-26-54-36(48)5)49(62)55-32-56-51(64)45-24-23-44(70-45)39-21-22-41(46(28-39)67-31-47(61)68-29-37-16-12-9-13-17-37)50(63)57-42(27-35(4)60)52(65)69-30-38-18-14-10-15-19-38/h9-10,12-19,21-26,28,33,40,42-43H,6-8,11,20,27,29-32H2,1-5H3,(H,55,62)(H,56,64)(H,57,63)/t40-,42+,43-/m1/s1. The normalized spacial score (nSPS) is 12.0. The van der Waals surface area contributed by atoms with Gasteiger partial charge in [0.15, 0.2) is 12.4 Å². The largest absolute Gasteiger partial charge is 0.481 e. The van der Waals surface area contributed by atoms with Crippen LogP contribution < -0.4 is 20.7 Å². The average Bonchev–Trinajstić information content (AvgIpc) is 3.87. The van der Waals surface area contributed by atoms with E-state index in [1.807, 2.05) is 13.0 Å². The van der Waals surface area contributed by atoms with Crippen LogP contribution in [0.2, 0.25) is 0 Å². The number of carbonyl (C=O) groups excluding carboxylic acids is 8. The van der Waals surface area contributed by atoms with Gasteiger partial charge >= 0.3 is 17.9 Å². The number of amides is 4. The van der Waals surface area contributed by atoms with Gasteiger partial charge in [-0.2, -0.15) is 5.06 Å². The molecule has 2 aromatic heterocycles. The molecule has 0 aliphatic heterocycles. The zero-order valence-corrected chi connectivity index (χ0v) is 40.4. The molecule has 5 aromatic rings. The number of carbonyl (C=O) groups is 8. The number of nitrogens with one attached hydrogen (secondary N) is 3. The number of aryl methyl sites for hydroxylation is 2. The first-order valence-electron chi connectivity index (χ1n) is 23.2. The van der Waals surface area contributed by atoms with Crippen molar-refractivity contribution in [2.75, 3.05) is 13.3 Å². The van der Waals surface area contributed by atoms with Gasteiger partial charge in [0.25, 0.3) is 11.8 Å². The van der Waals surface area contributed by atoms with E-state index in [9.17, 15) is 38.4 Å². The minimum absolute atomic E-state index is 0.0309. The molecular weight excluding hydrogens is 915 g/mol. The molecule has 5 rings (SSSR count). The van der Waals surface area contributed by atoms with Crippen LogP contribution >= 0.6 is 0 Å². The van der Waals surface area contributed by atoms with Gasteiger partial charge in [-0.05, 0) is 80.6 Å². The number of Topliss-reactive ketones (excluding diaryl/α,β-unsaturated/α-hetero) is 1. The van der Waals surface area contributed by atoms with Crippen LogP contribution in [0.25, 0.3) is 11.3 Å². The summed E-state index contributed by atoms with van der Waals surface area (Å²) in [5, 5.41) is 8.74. The van der Waals surface area contributed by atoms with Crippen molar-refractivity contribution in [2.45, 2.75) is 98.4 Å². The number of pyridine rings is 1. The van der Waals surface area contributed by atoms with Crippen LogP contribution in [-0.4, -0.2) is 83.2 Å². The summed E-state index contributed by atoms with van der Waals surface area (Å²) in [6, 6.07) is 24.4. The maximum atomic E-state index is 13.8. The molecule has 0 saturated carbocycles. The fourth-order valence-electron chi connectivity index (χ4n) is 7.56. The SMILES string of the molecule is CCCCC[C@@H](C(=O)NCNC(=O)c1ccc(-c2ccc(C(=O)N[C@@H](CC(C)=O)C(=O)OCc3ccccc3)c(OCC(=O)OCc3ccccc3)c2)o1)[C@@H](CC)N(C=O)OC(=O)c1c(C)ccnc1C. The molecule has 71 heavy (non-hydrogen) atoms. The Morgan fingerprint density at radius 2 is 1.49 bits per heavy atom. The van der Waals surface area contributed by atoms with Gasteiger partial charge in [-0.1, -0.05) is 99.8 Å². The first-order chi connectivity index (χ1) is 34.2. The third kappa shape index (κ3) is 16.0. The van der Waals surface area contributed by atoms with Gasteiger partial charge in [0.05, 0.1) is 35.4 Å². The Labute approximate surface area is 411 Å². The summed E-state index contributed by atoms with van der Waals surface area (Å²) in [5.74, 6) is -5.67. The van der Waals surface area contributed by atoms with Crippen LogP contribution in [0.15, 0.2) is 108 Å². The predicted octanol–water partition coefficient (Wildman–Crippen LogP) is 6.91. The highest BCUT2D eigenvalue weighted by Gasteiger charge is 2.34. The molecule has 0 spiro atoms. The molecule has 374 valence electrons. The first-order valence-corrected chi connectivity index (χ1v) is 23.2. The molecule has 4 amide bonds. The van der Waals surface area contributed by atoms with Crippen LogP contribution in [0.5, 0.6) is 5.75 Å². The quantitative estimate of drug-likeness (QED) is 0.0159. The zero-order chi connectivity index (χ0) is 51.3. The monoisotopic (exact) mass is 973 g/mol.